The molecule has 11 heteroatoms. The van der Waals surface area contributed by atoms with E-state index >= 15 is 0 Å². The molecule has 39 heavy (non-hydrogen) atoms. The summed E-state index contributed by atoms with van der Waals surface area (Å²) in [6, 6.07) is 3.87. The van der Waals surface area contributed by atoms with Crippen molar-refractivity contribution in [1.29, 1.82) is 0 Å². The van der Waals surface area contributed by atoms with Crippen molar-refractivity contribution in [2.75, 3.05) is 0 Å². The normalized spacial score (nSPS) is 16.2. The summed E-state index contributed by atoms with van der Waals surface area (Å²) in [6.45, 7) is 10.2. The second kappa shape index (κ2) is 14.7. The van der Waals surface area contributed by atoms with Crippen molar-refractivity contribution < 1.29 is 48.0 Å². The molecule has 2 rings (SSSR count). The molecule has 0 spiro atoms. The average molecular weight is 552 g/mol. The predicted octanol–water partition coefficient (Wildman–Crippen LogP) is 5.37. The standard InChI is InChI=1S/C28H41NO10/c1-7-19(6)29-28(25(31)32,39-24(30)21-11-9-8-10-12-21)16-20-13-14-22(37-26(33)35-17(2)3)23(15-20)38-27(34)36-18(4)5/h13-15,17-19,21,29H,7-12,16H2,1-6H3,(H,31,32)/t19?,28-/m0/s1. The van der Waals surface area contributed by atoms with Crippen molar-refractivity contribution in [3.8, 4) is 11.5 Å². The number of aliphatic carboxylic acids is 1. The summed E-state index contributed by atoms with van der Waals surface area (Å²) in [6.07, 6.45) is 1.38. The van der Waals surface area contributed by atoms with Crippen LogP contribution in [0, 0.1) is 5.92 Å². The van der Waals surface area contributed by atoms with E-state index in [-0.39, 0.29) is 29.9 Å². The van der Waals surface area contributed by atoms with E-state index in [0.29, 0.717) is 24.8 Å². The number of nitrogens with one attached hydrogen (secondary N) is 1. The van der Waals surface area contributed by atoms with Crippen molar-refractivity contribution in [3.05, 3.63) is 23.8 Å². The second-order valence-corrected chi connectivity index (χ2v) is 10.3. The monoisotopic (exact) mass is 551 g/mol. The Kier molecular flexibility index (Phi) is 12.0. The highest BCUT2D eigenvalue weighted by Gasteiger charge is 2.45. The molecule has 0 saturated heterocycles. The minimum Gasteiger partial charge on any atom is -0.477 e. The molecular weight excluding hydrogens is 510 g/mol. The zero-order valence-corrected chi connectivity index (χ0v) is 23.6. The van der Waals surface area contributed by atoms with Gasteiger partial charge in [0, 0.05) is 12.5 Å². The molecule has 2 atom stereocenters. The molecule has 0 radical (unpaired) electrons. The van der Waals surface area contributed by atoms with Crippen LogP contribution in [0.3, 0.4) is 0 Å². The molecule has 218 valence electrons. The Morgan fingerprint density at radius 3 is 2.00 bits per heavy atom. The first-order chi connectivity index (χ1) is 18.3. The number of benzene rings is 1. The molecule has 2 N–H and O–H groups in total. The number of ether oxygens (including phenoxy) is 5. The minimum absolute atomic E-state index is 0.139. The maximum atomic E-state index is 13.1. The summed E-state index contributed by atoms with van der Waals surface area (Å²) in [4.78, 5) is 50.1. The number of hydrogen-bond donors (Lipinski definition) is 2. The van der Waals surface area contributed by atoms with Crippen LogP contribution in [-0.2, 0) is 30.2 Å². The van der Waals surface area contributed by atoms with E-state index < -0.39 is 42.2 Å². The van der Waals surface area contributed by atoms with Gasteiger partial charge in [-0.15, -0.1) is 0 Å². The maximum Gasteiger partial charge on any atom is 0.514 e. The topological polar surface area (TPSA) is 147 Å². The Morgan fingerprint density at radius 1 is 0.923 bits per heavy atom. The van der Waals surface area contributed by atoms with Gasteiger partial charge in [0.15, 0.2) is 11.5 Å². The quantitative estimate of drug-likeness (QED) is 0.150. The first-order valence-corrected chi connectivity index (χ1v) is 13.5. The fourth-order valence-electron chi connectivity index (χ4n) is 4.12. The Balaban J connectivity index is 2.44. The van der Waals surface area contributed by atoms with E-state index in [2.05, 4.69) is 5.32 Å². The molecule has 11 nitrogen and oxygen atoms in total. The smallest absolute Gasteiger partial charge is 0.477 e. The van der Waals surface area contributed by atoms with Gasteiger partial charge in [0.2, 0.25) is 0 Å². The SMILES string of the molecule is CCC(C)N[C@@](Cc1ccc(OC(=O)OC(C)C)c(OC(=O)OC(C)C)c1)(OC(=O)C1CCCCC1)C(=O)O. The Labute approximate surface area is 229 Å². The summed E-state index contributed by atoms with van der Waals surface area (Å²) in [5, 5.41) is 13.3. The highest BCUT2D eigenvalue weighted by molar-refractivity contribution is 5.83. The molecule has 1 fully saturated rings. The summed E-state index contributed by atoms with van der Waals surface area (Å²) < 4.78 is 26.3. The number of hydrogen-bond acceptors (Lipinski definition) is 10. The summed E-state index contributed by atoms with van der Waals surface area (Å²) in [5.74, 6) is -2.64. The molecule has 1 unspecified atom stereocenters. The zero-order chi connectivity index (χ0) is 29.2. The van der Waals surface area contributed by atoms with Crippen LogP contribution in [0.1, 0.15) is 85.6 Å². The predicted molar refractivity (Wildman–Crippen MR) is 141 cm³/mol. The lowest BCUT2D eigenvalue weighted by Crippen LogP contribution is -2.60. The number of carboxylic acids is 1. The van der Waals surface area contributed by atoms with Crippen molar-refractivity contribution in [1.82, 2.24) is 5.32 Å². The van der Waals surface area contributed by atoms with Gasteiger partial charge in [-0.2, -0.15) is 0 Å². The molecule has 0 bridgehead atoms. The van der Waals surface area contributed by atoms with E-state index in [1.165, 1.54) is 18.2 Å². The number of esters is 1. The van der Waals surface area contributed by atoms with Crippen LogP contribution in [0.5, 0.6) is 11.5 Å². The first-order valence-electron chi connectivity index (χ1n) is 13.5. The lowest BCUT2D eigenvalue weighted by molar-refractivity contribution is -0.188. The molecule has 1 aromatic carbocycles. The third kappa shape index (κ3) is 10.0. The Hall–Kier alpha value is -3.34. The van der Waals surface area contributed by atoms with Gasteiger partial charge in [-0.3, -0.25) is 10.1 Å². The van der Waals surface area contributed by atoms with Gasteiger partial charge in [-0.05, 0) is 71.6 Å². The van der Waals surface area contributed by atoms with Crippen LogP contribution < -0.4 is 14.8 Å². The number of carbonyl (C=O) groups excluding carboxylic acids is 3. The van der Waals surface area contributed by atoms with Gasteiger partial charge >= 0.3 is 24.2 Å². The van der Waals surface area contributed by atoms with Crippen LogP contribution in [0.2, 0.25) is 0 Å². The average Bonchev–Trinajstić information content (AvgIpc) is 2.84. The fourth-order valence-corrected chi connectivity index (χ4v) is 4.12. The van der Waals surface area contributed by atoms with E-state index in [1.54, 1.807) is 34.6 Å². The van der Waals surface area contributed by atoms with E-state index in [4.69, 9.17) is 23.7 Å². The first kappa shape index (κ1) is 31.9. The molecule has 0 aliphatic heterocycles. The van der Waals surface area contributed by atoms with E-state index in [1.807, 2.05) is 6.92 Å². The van der Waals surface area contributed by atoms with Crippen LogP contribution >= 0.6 is 0 Å². The van der Waals surface area contributed by atoms with Crippen molar-refractivity contribution >= 4 is 24.2 Å². The van der Waals surface area contributed by atoms with Crippen molar-refractivity contribution in [2.45, 2.75) is 110 Å². The third-order valence-electron chi connectivity index (χ3n) is 6.16. The minimum atomic E-state index is -2.08. The molecule has 0 heterocycles. The third-order valence-corrected chi connectivity index (χ3v) is 6.16. The largest absolute Gasteiger partial charge is 0.514 e. The Morgan fingerprint density at radius 2 is 1.49 bits per heavy atom. The maximum absolute atomic E-state index is 13.1. The van der Waals surface area contributed by atoms with Gasteiger partial charge < -0.3 is 28.8 Å². The molecule has 0 amide bonds. The van der Waals surface area contributed by atoms with Crippen LogP contribution in [0.15, 0.2) is 18.2 Å². The lowest BCUT2D eigenvalue weighted by Gasteiger charge is -2.35. The number of carboxylic acid groups (broad SMARTS) is 1. The molecule has 1 aromatic rings. The summed E-state index contributed by atoms with van der Waals surface area (Å²) in [7, 11) is 0. The zero-order valence-electron chi connectivity index (χ0n) is 23.6. The van der Waals surface area contributed by atoms with Gasteiger partial charge in [0.25, 0.3) is 5.72 Å². The molecule has 0 aromatic heterocycles. The van der Waals surface area contributed by atoms with Gasteiger partial charge in [0.1, 0.15) is 0 Å². The fraction of sp³-hybridized carbons (Fsp3) is 0.643. The van der Waals surface area contributed by atoms with Crippen molar-refractivity contribution in [2.24, 2.45) is 5.92 Å². The summed E-state index contributed by atoms with van der Waals surface area (Å²) in [5.41, 5.74) is -1.75. The molecule has 1 aliphatic carbocycles. The molecule has 1 saturated carbocycles. The van der Waals surface area contributed by atoms with Crippen LogP contribution in [0.25, 0.3) is 0 Å². The highest BCUT2D eigenvalue weighted by atomic mass is 16.7. The molecule has 1 aliphatic rings. The van der Waals surface area contributed by atoms with Gasteiger partial charge in [0.05, 0.1) is 18.1 Å². The van der Waals surface area contributed by atoms with E-state index in [9.17, 15) is 24.3 Å². The van der Waals surface area contributed by atoms with Crippen molar-refractivity contribution in [3.63, 3.8) is 0 Å². The highest BCUT2D eigenvalue weighted by Crippen LogP contribution is 2.33. The van der Waals surface area contributed by atoms with Crippen LogP contribution in [0.4, 0.5) is 9.59 Å². The van der Waals surface area contributed by atoms with Gasteiger partial charge in [-0.25, -0.2) is 14.4 Å². The lowest BCUT2D eigenvalue weighted by atomic mass is 9.89. The second-order valence-electron chi connectivity index (χ2n) is 10.3. The molecular formula is C28H41NO10. The number of rotatable bonds is 12. The summed E-state index contributed by atoms with van der Waals surface area (Å²) >= 11 is 0. The van der Waals surface area contributed by atoms with E-state index in [0.717, 1.165) is 19.3 Å². The van der Waals surface area contributed by atoms with Gasteiger partial charge in [-0.1, -0.05) is 32.3 Å². The van der Waals surface area contributed by atoms with Crippen LogP contribution in [-0.4, -0.2) is 53.3 Å². The number of carbonyl (C=O) groups is 4. The Bertz CT molecular complexity index is 1000.